The number of ether oxygens (including phenoxy) is 1. The van der Waals surface area contributed by atoms with Gasteiger partial charge in [0, 0.05) is 0 Å². The summed E-state index contributed by atoms with van der Waals surface area (Å²) in [5.41, 5.74) is 0.582. The molecule has 0 aliphatic carbocycles. The smallest absolute Gasteiger partial charge is 0.337 e. The van der Waals surface area contributed by atoms with Gasteiger partial charge in [-0.1, -0.05) is 12.1 Å². The van der Waals surface area contributed by atoms with Gasteiger partial charge in [0.25, 0.3) is 11.8 Å². The van der Waals surface area contributed by atoms with Gasteiger partial charge in [0.2, 0.25) is 0 Å². The van der Waals surface area contributed by atoms with Gasteiger partial charge in [0.05, 0.1) is 18.4 Å². The van der Waals surface area contributed by atoms with Gasteiger partial charge in [0.1, 0.15) is 11.3 Å². The Labute approximate surface area is 153 Å². The Morgan fingerprint density at radius 2 is 1.81 bits per heavy atom. The maximum atomic E-state index is 12.7. The van der Waals surface area contributed by atoms with Crippen molar-refractivity contribution < 1.29 is 29.0 Å². The summed E-state index contributed by atoms with van der Waals surface area (Å²) in [5, 5.41) is 11.6. The summed E-state index contributed by atoms with van der Waals surface area (Å²) in [6, 6.07) is 10.7. The number of carbonyl (C=O) groups is 4. The van der Waals surface area contributed by atoms with Crippen LogP contribution in [0.1, 0.15) is 15.9 Å². The average molecular weight is 366 g/mol. The first-order chi connectivity index (χ1) is 12.9. The second-order valence-corrected chi connectivity index (χ2v) is 5.59. The Morgan fingerprint density at radius 1 is 1.11 bits per heavy atom. The molecule has 3 rings (SSSR count). The molecule has 0 saturated carbocycles. The van der Waals surface area contributed by atoms with Gasteiger partial charge in [-0.25, -0.2) is 14.5 Å². The third-order valence-corrected chi connectivity index (χ3v) is 3.83. The number of carbonyl (C=O) groups excluding carboxylic acids is 4. The molecule has 1 aliphatic rings. The SMILES string of the molecule is COC(=O)c1ccc(N2C(=O)NC(=O)/C(=C/c3cccc(O)c3)C2=O)cc1. The lowest BCUT2D eigenvalue weighted by atomic mass is 10.1. The third kappa shape index (κ3) is 3.54. The van der Waals surface area contributed by atoms with E-state index in [-0.39, 0.29) is 22.6 Å². The van der Waals surface area contributed by atoms with E-state index >= 15 is 0 Å². The van der Waals surface area contributed by atoms with Crippen molar-refractivity contribution in [3.05, 3.63) is 65.2 Å². The molecule has 1 fully saturated rings. The number of hydrogen-bond donors (Lipinski definition) is 2. The molecule has 2 aromatic rings. The minimum absolute atomic E-state index is 0.0284. The molecule has 0 unspecified atom stereocenters. The van der Waals surface area contributed by atoms with E-state index in [1.165, 1.54) is 49.6 Å². The lowest BCUT2D eigenvalue weighted by Crippen LogP contribution is -2.54. The molecule has 0 atom stereocenters. The lowest BCUT2D eigenvalue weighted by molar-refractivity contribution is -0.122. The molecule has 0 aromatic heterocycles. The summed E-state index contributed by atoms with van der Waals surface area (Å²) < 4.78 is 4.60. The highest BCUT2D eigenvalue weighted by molar-refractivity contribution is 6.39. The number of amides is 4. The molecule has 2 N–H and O–H groups in total. The number of esters is 1. The highest BCUT2D eigenvalue weighted by Crippen LogP contribution is 2.23. The lowest BCUT2D eigenvalue weighted by Gasteiger charge is -2.26. The van der Waals surface area contributed by atoms with Gasteiger partial charge in [-0.3, -0.25) is 14.9 Å². The van der Waals surface area contributed by atoms with Gasteiger partial charge in [0.15, 0.2) is 0 Å². The van der Waals surface area contributed by atoms with Crippen LogP contribution < -0.4 is 10.2 Å². The minimum Gasteiger partial charge on any atom is -0.508 e. The zero-order valence-electron chi connectivity index (χ0n) is 14.1. The zero-order chi connectivity index (χ0) is 19.6. The fourth-order valence-corrected chi connectivity index (χ4v) is 2.54. The molecule has 8 heteroatoms. The number of nitrogens with one attached hydrogen (secondary N) is 1. The van der Waals surface area contributed by atoms with E-state index in [4.69, 9.17) is 0 Å². The summed E-state index contributed by atoms with van der Waals surface area (Å²) in [4.78, 5) is 49.3. The number of barbiturate groups is 1. The zero-order valence-corrected chi connectivity index (χ0v) is 14.1. The van der Waals surface area contributed by atoms with Crippen molar-refractivity contribution in [3.63, 3.8) is 0 Å². The highest BCUT2D eigenvalue weighted by atomic mass is 16.5. The Bertz CT molecular complexity index is 978. The number of imide groups is 2. The number of phenolic OH excluding ortho intramolecular Hbond substituents is 1. The Hall–Kier alpha value is -3.94. The van der Waals surface area contributed by atoms with Gasteiger partial charge in [-0.05, 0) is 48.0 Å². The summed E-state index contributed by atoms with van der Waals surface area (Å²) in [5.74, 6) is -2.25. The molecule has 2 aromatic carbocycles. The standard InChI is InChI=1S/C19H14N2O6/c1-27-18(25)12-5-7-13(8-6-12)21-17(24)15(16(23)20-19(21)26)10-11-3-2-4-14(22)9-11/h2-10,22H,1H3,(H,20,23,26)/b15-10-. The van der Waals surface area contributed by atoms with Gasteiger partial charge in [-0.15, -0.1) is 0 Å². The van der Waals surface area contributed by atoms with E-state index < -0.39 is 23.8 Å². The topological polar surface area (TPSA) is 113 Å². The molecule has 0 radical (unpaired) electrons. The van der Waals surface area contributed by atoms with Crippen LogP contribution in [0.4, 0.5) is 10.5 Å². The van der Waals surface area contributed by atoms with E-state index in [0.717, 1.165) is 4.90 Å². The van der Waals surface area contributed by atoms with Crippen LogP contribution in [0.25, 0.3) is 6.08 Å². The van der Waals surface area contributed by atoms with Crippen LogP contribution >= 0.6 is 0 Å². The van der Waals surface area contributed by atoms with Crippen molar-refractivity contribution >= 4 is 35.6 Å². The predicted molar refractivity (Wildman–Crippen MR) is 94.9 cm³/mol. The summed E-state index contributed by atoms with van der Waals surface area (Å²) in [6.45, 7) is 0. The van der Waals surface area contributed by atoms with Crippen LogP contribution in [0, 0.1) is 0 Å². The van der Waals surface area contributed by atoms with Crippen LogP contribution in [-0.4, -0.2) is 36.0 Å². The maximum absolute atomic E-state index is 12.7. The first kappa shape index (κ1) is 17.9. The van der Waals surface area contributed by atoms with E-state index in [1.54, 1.807) is 12.1 Å². The number of nitrogens with zero attached hydrogens (tertiary/aromatic N) is 1. The number of phenols is 1. The molecule has 0 spiro atoms. The number of benzene rings is 2. The Morgan fingerprint density at radius 3 is 2.44 bits per heavy atom. The monoisotopic (exact) mass is 366 g/mol. The molecular formula is C19H14N2O6. The van der Waals surface area contributed by atoms with E-state index in [1.807, 2.05) is 0 Å². The predicted octanol–water partition coefficient (Wildman–Crippen LogP) is 1.85. The quantitative estimate of drug-likeness (QED) is 0.487. The number of methoxy groups -OCH3 is 1. The van der Waals surface area contributed by atoms with Crippen LogP contribution in [-0.2, 0) is 14.3 Å². The van der Waals surface area contributed by atoms with Crippen LogP contribution in [0.2, 0.25) is 0 Å². The van der Waals surface area contributed by atoms with Gasteiger partial charge >= 0.3 is 12.0 Å². The fraction of sp³-hybridized carbons (Fsp3) is 0.0526. The number of hydrogen-bond acceptors (Lipinski definition) is 6. The molecule has 1 saturated heterocycles. The Balaban J connectivity index is 1.96. The van der Waals surface area contributed by atoms with Gasteiger partial charge < -0.3 is 9.84 Å². The number of urea groups is 1. The van der Waals surface area contributed by atoms with Crippen molar-refractivity contribution in [1.29, 1.82) is 0 Å². The van der Waals surface area contributed by atoms with Crippen molar-refractivity contribution in [1.82, 2.24) is 5.32 Å². The molecule has 1 heterocycles. The first-order valence-corrected chi connectivity index (χ1v) is 7.79. The van der Waals surface area contributed by atoms with Crippen molar-refractivity contribution in [2.24, 2.45) is 0 Å². The molecule has 0 bridgehead atoms. The highest BCUT2D eigenvalue weighted by Gasteiger charge is 2.36. The summed E-state index contributed by atoms with van der Waals surface area (Å²) in [6.07, 6.45) is 1.28. The number of rotatable bonds is 3. The van der Waals surface area contributed by atoms with Gasteiger partial charge in [-0.2, -0.15) is 0 Å². The molecule has 8 nitrogen and oxygen atoms in total. The normalized spacial score (nSPS) is 15.7. The molecular weight excluding hydrogens is 352 g/mol. The van der Waals surface area contributed by atoms with Crippen LogP contribution in [0.15, 0.2) is 54.1 Å². The second kappa shape index (κ2) is 7.12. The Kier molecular flexibility index (Phi) is 4.71. The van der Waals surface area contributed by atoms with Crippen LogP contribution in [0.3, 0.4) is 0 Å². The molecule has 1 aliphatic heterocycles. The van der Waals surface area contributed by atoms with Crippen molar-refractivity contribution in [2.75, 3.05) is 12.0 Å². The maximum Gasteiger partial charge on any atom is 0.337 e. The van der Waals surface area contributed by atoms with Crippen LogP contribution in [0.5, 0.6) is 5.75 Å². The largest absolute Gasteiger partial charge is 0.508 e. The number of anilines is 1. The first-order valence-electron chi connectivity index (χ1n) is 7.79. The minimum atomic E-state index is -0.899. The summed E-state index contributed by atoms with van der Waals surface area (Å²) in [7, 11) is 1.24. The molecule has 136 valence electrons. The fourth-order valence-electron chi connectivity index (χ4n) is 2.54. The van der Waals surface area contributed by atoms with Crippen molar-refractivity contribution in [3.8, 4) is 5.75 Å². The van der Waals surface area contributed by atoms with E-state index in [2.05, 4.69) is 10.1 Å². The molecule has 4 amide bonds. The molecule has 27 heavy (non-hydrogen) atoms. The second-order valence-electron chi connectivity index (χ2n) is 5.59. The number of aromatic hydroxyl groups is 1. The summed E-state index contributed by atoms with van der Waals surface area (Å²) >= 11 is 0. The van der Waals surface area contributed by atoms with E-state index in [0.29, 0.717) is 5.56 Å². The third-order valence-electron chi connectivity index (χ3n) is 3.83. The average Bonchev–Trinajstić information content (AvgIpc) is 2.65. The van der Waals surface area contributed by atoms with Crippen molar-refractivity contribution in [2.45, 2.75) is 0 Å². The van der Waals surface area contributed by atoms with E-state index in [9.17, 15) is 24.3 Å².